The molecule has 1 fully saturated rings. The van der Waals surface area contributed by atoms with Gasteiger partial charge in [-0.05, 0) is 20.8 Å². The predicted molar refractivity (Wildman–Crippen MR) is 78.0 cm³/mol. The Labute approximate surface area is 125 Å². The Kier molecular flexibility index (Phi) is 4.10. The van der Waals surface area contributed by atoms with Gasteiger partial charge in [0.1, 0.15) is 11.4 Å². The summed E-state index contributed by atoms with van der Waals surface area (Å²) >= 11 is 0. The van der Waals surface area contributed by atoms with Crippen LogP contribution in [0.5, 0.6) is 0 Å². The Bertz CT molecular complexity index is 644. The third kappa shape index (κ3) is 2.95. The minimum absolute atomic E-state index is 0.0930. The van der Waals surface area contributed by atoms with Gasteiger partial charge in [-0.2, -0.15) is 9.57 Å². The molecule has 0 aliphatic carbocycles. The monoisotopic (exact) mass is 311 g/mol. The van der Waals surface area contributed by atoms with Gasteiger partial charge in [-0.25, -0.2) is 13.4 Å². The van der Waals surface area contributed by atoms with Crippen molar-refractivity contribution in [3.8, 4) is 6.07 Å². The zero-order valence-corrected chi connectivity index (χ0v) is 13.7. The SMILES string of the molecule is Cc1nc(S(=O)(=O)N2CCN(C(C)(C)C#N)CC2)cn1C. The van der Waals surface area contributed by atoms with Crippen LogP contribution in [0.4, 0.5) is 0 Å². The first-order valence-electron chi connectivity index (χ1n) is 6.85. The molecule has 21 heavy (non-hydrogen) atoms. The highest BCUT2D eigenvalue weighted by atomic mass is 32.2. The molecule has 0 bridgehead atoms. The second-order valence-corrected chi connectivity index (χ2v) is 7.68. The molecule has 1 saturated heterocycles. The van der Waals surface area contributed by atoms with Gasteiger partial charge in [0, 0.05) is 39.4 Å². The third-order valence-corrected chi connectivity index (χ3v) is 5.76. The van der Waals surface area contributed by atoms with E-state index in [1.165, 1.54) is 10.5 Å². The van der Waals surface area contributed by atoms with Gasteiger partial charge < -0.3 is 4.57 Å². The van der Waals surface area contributed by atoms with Crippen molar-refractivity contribution in [3.63, 3.8) is 0 Å². The van der Waals surface area contributed by atoms with Crippen molar-refractivity contribution in [2.75, 3.05) is 26.2 Å². The maximum Gasteiger partial charge on any atom is 0.262 e. The molecule has 0 amide bonds. The normalized spacial score (nSPS) is 18.6. The molecule has 116 valence electrons. The minimum Gasteiger partial charge on any atom is -0.337 e. The Morgan fingerprint density at radius 1 is 1.29 bits per heavy atom. The zero-order chi connectivity index (χ0) is 15.8. The van der Waals surface area contributed by atoms with Crippen LogP contribution in [0.25, 0.3) is 0 Å². The summed E-state index contributed by atoms with van der Waals surface area (Å²) < 4.78 is 28.2. The van der Waals surface area contributed by atoms with E-state index < -0.39 is 15.6 Å². The number of nitriles is 1. The first kappa shape index (κ1) is 15.9. The van der Waals surface area contributed by atoms with E-state index >= 15 is 0 Å². The second-order valence-electron chi connectivity index (χ2n) is 5.80. The Morgan fingerprint density at radius 3 is 2.29 bits per heavy atom. The Balaban J connectivity index is 2.13. The number of imidazole rings is 1. The molecule has 0 saturated carbocycles. The van der Waals surface area contributed by atoms with Crippen LogP contribution in [-0.4, -0.2) is 58.9 Å². The van der Waals surface area contributed by atoms with Crippen LogP contribution in [-0.2, 0) is 17.1 Å². The molecule has 7 nitrogen and oxygen atoms in total. The molecular weight excluding hydrogens is 290 g/mol. The average Bonchev–Trinajstić information content (AvgIpc) is 2.79. The van der Waals surface area contributed by atoms with Crippen LogP contribution in [0.2, 0.25) is 0 Å². The van der Waals surface area contributed by atoms with Crippen molar-refractivity contribution in [3.05, 3.63) is 12.0 Å². The zero-order valence-electron chi connectivity index (χ0n) is 12.9. The third-order valence-electron chi connectivity index (χ3n) is 3.99. The van der Waals surface area contributed by atoms with Crippen molar-refractivity contribution >= 4 is 10.0 Å². The first-order valence-corrected chi connectivity index (χ1v) is 8.29. The van der Waals surface area contributed by atoms with E-state index in [9.17, 15) is 8.42 Å². The second kappa shape index (κ2) is 5.40. The number of sulfonamides is 1. The van der Waals surface area contributed by atoms with Gasteiger partial charge in [-0.1, -0.05) is 0 Å². The lowest BCUT2D eigenvalue weighted by molar-refractivity contribution is 0.115. The molecule has 1 aliphatic rings. The highest BCUT2D eigenvalue weighted by Gasteiger charge is 2.35. The van der Waals surface area contributed by atoms with Gasteiger partial charge in [0.05, 0.1) is 6.07 Å². The molecule has 0 unspecified atom stereocenters. The summed E-state index contributed by atoms with van der Waals surface area (Å²) in [5.74, 6) is 0.665. The Hall–Kier alpha value is -1.43. The van der Waals surface area contributed by atoms with Crippen LogP contribution in [0.3, 0.4) is 0 Å². The molecule has 0 atom stereocenters. The summed E-state index contributed by atoms with van der Waals surface area (Å²) in [6.07, 6.45) is 1.54. The number of hydrogen-bond acceptors (Lipinski definition) is 5. The number of nitrogens with zero attached hydrogens (tertiary/aromatic N) is 5. The van der Waals surface area contributed by atoms with Crippen LogP contribution < -0.4 is 0 Å². The lowest BCUT2D eigenvalue weighted by Crippen LogP contribution is -2.55. The summed E-state index contributed by atoms with van der Waals surface area (Å²) in [5, 5.41) is 9.24. The summed E-state index contributed by atoms with van der Waals surface area (Å²) in [4.78, 5) is 6.11. The fraction of sp³-hybridized carbons (Fsp3) is 0.692. The maximum absolute atomic E-state index is 12.5. The summed E-state index contributed by atoms with van der Waals surface area (Å²) in [6.45, 7) is 7.31. The fourth-order valence-corrected chi connectivity index (χ4v) is 3.79. The maximum atomic E-state index is 12.5. The lowest BCUT2D eigenvalue weighted by atomic mass is 10.0. The standard InChI is InChI=1S/C13H21N5O2S/c1-11-15-12(9-16(11)4)21(19,20)18-7-5-17(6-8-18)13(2,3)10-14/h9H,5-8H2,1-4H3. The molecule has 2 heterocycles. The summed E-state index contributed by atoms with van der Waals surface area (Å²) in [7, 11) is -1.77. The van der Waals surface area contributed by atoms with Crippen LogP contribution >= 0.6 is 0 Å². The molecule has 0 aromatic carbocycles. The molecule has 0 N–H and O–H groups in total. The largest absolute Gasteiger partial charge is 0.337 e. The van der Waals surface area contributed by atoms with E-state index in [-0.39, 0.29) is 5.03 Å². The van der Waals surface area contributed by atoms with Gasteiger partial charge >= 0.3 is 0 Å². The topological polar surface area (TPSA) is 82.2 Å². The molecular formula is C13H21N5O2S. The number of piperazine rings is 1. The molecule has 1 aliphatic heterocycles. The number of rotatable bonds is 3. The quantitative estimate of drug-likeness (QED) is 0.804. The van der Waals surface area contributed by atoms with Crippen molar-refractivity contribution in [1.29, 1.82) is 5.26 Å². The van der Waals surface area contributed by atoms with Gasteiger partial charge in [0.15, 0.2) is 5.03 Å². The number of aryl methyl sites for hydroxylation is 2. The number of hydrogen-bond donors (Lipinski definition) is 0. The van der Waals surface area contributed by atoms with Gasteiger partial charge in [-0.15, -0.1) is 0 Å². The highest BCUT2D eigenvalue weighted by Crippen LogP contribution is 2.20. The van der Waals surface area contributed by atoms with E-state index in [1.54, 1.807) is 18.5 Å². The summed E-state index contributed by atoms with van der Waals surface area (Å²) in [5.41, 5.74) is -0.572. The Morgan fingerprint density at radius 2 is 1.86 bits per heavy atom. The molecule has 2 rings (SSSR count). The van der Waals surface area contributed by atoms with Crippen LogP contribution in [0, 0.1) is 18.3 Å². The molecule has 1 aromatic heterocycles. The first-order chi connectivity index (χ1) is 9.68. The van der Waals surface area contributed by atoms with Crippen molar-refractivity contribution in [2.24, 2.45) is 7.05 Å². The predicted octanol–water partition coefficient (Wildman–Crippen LogP) is 0.337. The van der Waals surface area contributed by atoms with Gasteiger partial charge in [-0.3, -0.25) is 4.90 Å². The average molecular weight is 311 g/mol. The van der Waals surface area contributed by atoms with Gasteiger partial charge in [0.25, 0.3) is 10.0 Å². The summed E-state index contributed by atoms with van der Waals surface area (Å²) in [6, 6.07) is 2.25. The van der Waals surface area contributed by atoms with E-state index in [1.807, 2.05) is 18.7 Å². The van der Waals surface area contributed by atoms with E-state index in [0.29, 0.717) is 32.0 Å². The molecule has 1 aromatic rings. The molecule has 0 radical (unpaired) electrons. The van der Waals surface area contributed by atoms with Crippen molar-refractivity contribution in [2.45, 2.75) is 31.3 Å². The van der Waals surface area contributed by atoms with E-state index in [0.717, 1.165) is 0 Å². The smallest absolute Gasteiger partial charge is 0.262 e. The molecule has 8 heteroatoms. The van der Waals surface area contributed by atoms with Crippen LogP contribution in [0.1, 0.15) is 19.7 Å². The fourth-order valence-electron chi connectivity index (χ4n) is 2.34. The van der Waals surface area contributed by atoms with Gasteiger partial charge in [0.2, 0.25) is 0 Å². The van der Waals surface area contributed by atoms with E-state index in [2.05, 4.69) is 11.1 Å². The molecule has 0 spiro atoms. The highest BCUT2D eigenvalue weighted by molar-refractivity contribution is 7.89. The van der Waals surface area contributed by atoms with Crippen molar-refractivity contribution < 1.29 is 8.42 Å². The number of aromatic nitrogens is 2. The van der Waals surface area contributed by atoms with Crippen molar-refractivity contribution in [1.82, 2.24) is 18.8 Å². The van der Waals surface area contributed by atoms with Crippen LogP contribution in [0.15, 0.2) is 11.2 Å². The minimum atomic E-state index is -3.55. The van der Waals surface area contributed by atoms with E-state index in [4.69, 9.17) is 5.26 Å². The lowest BCUT2D eigenvalue weighted by Gasteiger charge is -2.39.